The van der Waals surface area contributed by atoms with E-state index in [0.717, 1.165) is 0 Å². The van der Waals surface area contributed by atoms with Gasteiger partial charge in [-0.3, -0.25) is 0 Å². The summed E-state index contributed by atoms with van der Waals surface area (Å²) in [5, 5.41) is 8.59. The molecule has 1 N–H and O–H groups in total. The van der Waals surface area contributed by atoms with Crippen LogP contribution < -0.4 is 0 Å². The summed E-state index contributed by atoms with van der Waals surface area (Å²) in [5.41, 5.74) is 0. The van der Waals surface area contributed by atoms with Gasteiger partial charge in [0.2, 0.25) is 3.23 Å². The molecule has 0 unspecified atom stereocenters. The number of hydrogen-bond acceptors (Lipinski definition) is 1. The number of carboxylic acid groups (broad SMARTS) is 1. The fraction of sp³-hybridized carbons (Fsp3) is 0.667. The van der Waals surface area contributed by atoms with E-state index in [2.05, 4.69) is 79.6 Å². The van der Waals surface area contributed by atoms with Crippen LogP contribution >= 0.6 is 79.6 Å². The first-order valence-electron chi connectivity index (χ1n) is 1.87. The van der Waals surface area contributed by atoms with Crippen LogP contribution in [0.15, 0.2) is 0 Å². The van der Waals surface area contributed by atoms with Crippen LogP contribution in [-0.2, 0) is 4.79 Å². The Morgan fingerprint density at radius 3 is 1.40 bits per heavy atom. The fourth-order valence-corrected chi connectivity index (χ4v) is 0.630. The smallest absolute Gasteiger partial charge is 0.334 e. The first-order valence-corrected chi connectivity index (χ1v) is 5.84. The number of rotatable bonds is 1. The molecule has 0 fully saturated rings. The highest BCUT2D eigenvalue weighted by atomic mass is 80.0. The number of halogens is 5. The van der Waals surface area contributed by atoms with Crippen molar-refractivity contribution in [2.45, 2.75) is 5.38 Å². The predicted octanol–water partition coefficient (Wildman–Crippen LogP) is 3.40. The average Bonchev–Trinajstić information content (AvgIpc) is 1.62. The van der Waals surface area contributed by atoms with Crippen molar-refractivity contribution in [2.24, 2.45) is 0 Å². The number of alkyl halides is 5. The zero-order valence-corrected chi connectivity index (χ0v) is 12.2. The monoisotopic (exact) mass is 464 g/mol. The molecule has 0 aromatic heterocycles. The standard InChI is InChI=1S/C3HBr5O2/c4-2(5,1(9)10)3(6,7)8/h(H,9,10). The SMILES string of the molecule is O=C(O)C(Br)(Br)C(Br)(Br)Br. The molecule has 7 heteroatoms. The van der Waals surface area contributed by atoms with Gasteiger partial charge in [-0.15, -0.1) is 0 Å². The van der Waals surface area contributed by atoms with Gasteiger partial charge in [-0.1, -0.05) is 79.6 Å². The third-order valence-corrected chi connectivity index (χ3v) is 7.47. The molecule has 0 saturated heterocycles. The van der Waals surface area contributed by atoms with E-state index in [1.807, 2.05) is 0 Å². The number of hydrogen-bond donors (Lipinski definition) is 1. The van der Waals surface area contributed by atoms with Gasteiger partial charge >= 0.3 is 5.97 Å². The van der Waals surface area contributed by atoms with Crippen molar-refractivity contribution < 1.29 is 9.90 Å². The molecule has 0 aliphatic carbocycles. The predicted molar refractivity (Wildman–Crippen MR) is 57.7 cm³/mol. The van der Waals surface area contributed by atoms with Gasteiger partial charge in [-0.05, 0) is 0 Å². The molecule has 0 rings (SSSR count). The second-order valence-electron chi connectivity index (χ2n) is 1.38. The Hall–Kier alpha value is 1.87. The molecule has 0 aliphatic heterocycles. The van der Waals surface area contributed by atoms with Crippen molar-refractivity contribution in [1.29, 1.82) is 0 Å². The zero-order chi connectivity index (χ0) is 8.58. The molecule has 0 spiro atoms. The van der Waals surface area contributed by atoms with E-state index in [1.165, 1.54) is 0 Å². The zero-order valence-electron chi connectivity index (χ0n) is 4.25. The van der Waals surface area contributed by atoms with Crippen molar-refractivity contribution in [3.8, 4) is 0 Å². The van der Waals surface area contributed by atoms with Gasteiger partial charge < -0.3 is 5.11 Å². The molecule has 0 aliphatic rings. The molecule has 0 saturated carbocycles. The third-order valence-electron chi connectivity index (χ3n) is 0.625. The molecule has 0 amide bonds. The minimum Gasteiger partial charge on any atom is -0.479 e. The normalized spacial score (nSPS) is 13.3. The number of aliphatic carboxylic acids is 1. The molecule has 0 aromatic carbocycles. The minimum absolute atomic E-state index is 0.911. The first-order chi connectivity index (χ1) is 4.19. The van der Waals surface area contributed by atoms with Crippen LogP contribution in [0.4, 0.5) is 0 Å². The Bertz CT molecular complexity index is 147. The minimum atomic E-state index is -1.27. The number of carbonyl (C=O) groups is 1. The maximum Gasteiger partial charge on any atom is 0.334 e. The summed E-state index contributed by atoms with van der Waals surface area (Å²) in [6, 6.07) is 0. The Kier molecular flexibility index (Phi) is 4.42. The maximum absolute atomic E-state index is 10.5. The lowest BCUT2D eigenvalue weighted by Gasteiger charge is -2.24. The Morgan fingerprint density at radius 2 is 1.40 bits per heavy atom. The van der Waals surface area contributed by atoms with Crippen LogP contribution in [0.1, 0.15) is 0 Å². The van der Waals surface area contributed by atoms with E-state index < -0.39 is 11.3 Å². The quantitative estimate of drug-likeness (QED) is 0.599. The van der Waals surface area contributed by atoms with Crippen molar-refractivity contribution in [3.05, 3.63) is 0 Å². The van der Waals surface area contributed by atoms with Crippen LogP contribution in [0.25, 0.3) is 0 Å². The van der Waals surface area contributed by atoms with E-state index in [-0.39, 0.29) is 0 Å². The number of carboxylic acids is 1. The molecule has 0 heterocycles. The van der Waals surface area contributed by atoms with Crippen molar-refractivity contribution in [3.63, 3.8) is 0 Å². The Morgan fingerprint density at radius 1 is 1.10 bits per heavy atom. The molecule has 0 bridgehead atoms. The summed E-state index contributed by atoms with van der Waals surface area (Å²) in [7, 11) is 0. The van der Waals surface area contributed by atoms with E-state index in [9.17, 15) is 4.79 Å². The Labute approximate surface area is 99.8 Å². The topological polar surface area (TPSA) is 37.3 Å². The largest absolute Gasteiger partial charge is 0.479 e. The third kappa shape index (κ3) is 2.73. The van der Waals surface area contributed by atoms with Crippen LogP contribution in [-0.4, -0.2) is 16.5 Å². The van der Waals surface area contributed by atoms with Crippen molar-refractivity contribution in [1.82, 2.24) is 0 Å². The van der Waals surface area contributed by atoms with E-state index in [0.29, 0.717) is 0 Å². The van der Waals surface area contributed by atoms with Gasteiger partial charge in [0.25, 0.3) is 0 Å². The summed E-state index contributed by atoms with van der Waals surface area (Å²) < 4.78 is -2.18. The molecule has 2 nitrogen and oxygen atoms in total. The Balaban J connectivity index is 4.57. The molecule has 10 heavy (non-hydrogen) atoms. The average molecular weight is 469 g/mol. The lowest BCUT2D eigenvalue weighted by Crippen LogP contribution is -2.37. The fourth-order valence-electron chi connectivity index (χ4n) is 0.121. The molecular formula is C3HBr5O2. The van der Waals surface area contributed by atoms with Crippen LogP contribution in [0, 0.1) is 0 Å². The summed E-state index contributed by atoms with van der Waals surface area (Å²) in [4.78, 5) is 10.5. The van der Waals surface area contributed by atoms with Crippen molar-refractivity contribution >= 4 is 85.6 Å². The van der Waals surface area contributed by atoms with Crippen LogP contribution in [0.5, 0.6) is 0 Å². The van der Waals surface area contributed by atoms with Gasteiger partial charge in [-0.2, -0.15) is 0 Å². The highest BCUT2D eigenvalue weighted by molar-refractivity contribution is 9.41. The summed E-state index contributed by atoms with van der Waals surface area (Å²) in [6.45, 7) is 0. The first kappa shape index (κ1) is 11.9. The summed E-state index contributed by atoms with van der Waals surface area (Å²) in [5.74, 6) is -1.04. The molecule has 0 atom stereocenters. The molecule has 60 valence electrons. The molecule has 0 radical (unpaired) electrons. The van der Waals surface area contributed by atoms with Gasteiger partial charge in [0.15, 0.2) is 2.14 Å². The van der Waals surface area contributed by atoms with Crippen molar-refractivity contribution in [2.75, 3.05) is 0 Å². The maximum atomic E-state index is 10.5. The van der Waals surface area contributed by atoms with Crippen LogP contribution in [0.2, 0.25) is 0 Å². The summed E-state index contributed by atoms with van der Waals surface area (Å²) in [6.07, 6.45) is 0. The highest BCUT2D eigenvalue weighted by Crippen LogP contribution is 2.52. The van der Waals surface area contributed by atoms with Crippen LogP contribution in [0.3, 0.4) is 0 Å². The lowest BCUT2D eigenvalue weighted by molar-refractivity contribution is -0.136. The second-order valence-corrected chi connectivity index (χ2v) is 11.6. The van der Waals surface area contributed by atoms with Gasteiger partial charge in [0.05, 0.1) is 0 Å². The lowest BCUT2D eigenvalue weighted by atomic mass is 10.5. The van der Waals surface area contributed by atoms with E-state index in [1.54, 1.807) is 0 Å². The molecule has 0 aromatic rings. The van der Waals surface area contributed by atoms with Gasteiger partial charge in [0.1, 0.15) is 0 Å². The van der Waals surface area contributed by atoms with Gasteiger partial charge in [-0.25, -0.2) is 4.79 Å². The summed E-state index contributed by atoms with van der Waals surface area (Å²) >= 11 is 15.1. The van der Waals surface area contributed by atoms with E-state index in [4.69, 9.17) is 5.11 Å². The highest BCUT2D eigenvalue weighted by Gasteiger charge is 2.49. The van der Waals surface area contributed by atoms with E-state index >= 15 is 0 Å². The molecular weight excluding hydrogens is 468 g/mol. The van der Waals surface area contributed by atoms with Gasteiger partial charge in [0, 0.05) is 0 Å². The second kappa shape index (κ2) is 3.72.